The van der Waals surface area contributed by atoms with Crippen LogP contribution in [0.2, 0.25) is 0 Å². The van der Waals surface area contributed by atoms with Crippen molar-refractivity contribution in [2.45, 2.75) is 19.5 Å². The standard InChI is InChI=1S/C20H26FN5O/c1-15(22)20(27)26(18-6-4-17(21)5-7-18)14-16-3-8-19(23-13-16)25-11-9-24(2)10-12-25/h3-8,13,15H,9-12,14,22H2,1-2H3/t15-/m0/s1. The van der Waals surface area contributed by atoms with Gasteiger partial charge in [0.25, 0.3) is 0 Å². The average Bonchev–Trinajstić information content (AvgIpc) is 2.67. The largest absolute Gasteiger partial charge is 0.354 e. The predicted molar refractivity (Wildman–Crippen MR) is 105 cm³/mol. The number of likely N-dealkylation sites (N-methyl/N-ethyl adjacent to an activating group) is 1. The van der Waals surface area contributed by atoms with Crippen molar-refractivity contribution in [1.29, 1.82) is 0 Å². The smallest absolute Gasteiger partial charge is 0.243 e. The second kappa shape index (κ2) is 8.45. The SMILES string of the molecule is C[C@H](N)C(=O)N(Cc1ccc(N2CCN(C)CC2)nc1)c1ccc(F)cc1. The van der Waals surface area contributed by atoms with Gasteiger partial charge in [-0.3, -0.25) is 4.79 Å². The number of piperazine rings is 1. The molecule has 27 heavy (non-hydrogen) atoms. The molecule has 6 nitrogen and oxygen atoms in total. The van der Waals surface area contributed by atoms with Crippen LogP contribution in [0.1, 0.15) is 12.5 Å². The summed E-state index contributed by atoms with van der Waals surface area (Å²) in [5.41, 5.74) is 7.31. The van der Waals surface area contributed by atoms with E-state index in [9.17, 15) is 9.18 Å². The van der Waals surface area contributed by atoms with E-state index in [2.05, 4.69) is 21.8 Å². The highest BCUT2D eigenvalue weighted by Gasteiger charge is 2.20. The van der Waals surface area contributed by atoms with E-state index in [0.717, 1.165) is 37.6 Å². The number of rotatable bonds is 5. The Morgan fingerprint density at radius 2 is 1.85 bits per heavy atom. The first-order valence-electron chi connectivity index (χ1n) is 9.15. The molecule has 2 N–H and O–H groups in total. The molecule has 1 aliphatic heterocycles. The molecule has 0 bridgehead atoms. The quantitative estimate of drug-likeness (QED) is 0.869. The molecule has 3 rings (SSSR count). The van der Waals surface area contributed by atoms with Crippen molar-refractivity contribution >= 4 is 17.4 Å². The van der Waals surface area contributed by atoms with Crippen LogP contribution in [0.15, 0.2) is 42.6 Å². The molecule has 0 unspecified atom stereocenters. The number of carbonyl (C=O) groups excluding carboxylic acids is 1. The number of carbonyl (C=O) groups is 1. The van der Waals surface area contributed by atoms with E-state index in [1.54, 1.807) is 30.2 Å². The van der Waals surface area contributed by atoms with Gasteiger partial charge in [-0.2, -0.15) is 0 Å². The molecule has 144 valence electrons. The molecular weight excluding hydrogens is 345 g/mol. The van der Waals surface area contributed by atoms with E-state index in [0.29, 0.717) is 12.2 Å². The number of pyridine rings is 1. The van der Waals surface area contributed by atoms with Crippen molar-refractivity contribution in [2.24, 2.45) is 5.73 Å². The summed E-state index contributed by atoms with van der Waals surface area (Å²) in [6, 6.07) is 9.17. The van der Waals surface area contributed by atoms with Crippen LogP contribution in [0.3, 0.4) is 0 Å². The van der Waals surface area contributed by atoms with Gasteiger partial charge in [0.15, 0.2) is 0 Å². The molecule has 1 atom stereocenters. The zero-order valence-electron chi connectivity index (χ0n) is 15.8. The number of hydrogen-bond acceptors (Lipinski definition) is 5. The van der Waals surface area contributed by atoms with E-state index < -0.39 is 6.04 Å². The number of hydrogen-bond donors (Lipinski definition) is 1. The highest BCUT2D eigenvalue weighted by molar-refractivity contribution is 5.96. The summed E-state index contributed by atoms with van der Waals surface area (Å²) in [5, 5.41) is 0. The van der Waals surface area contributed by atoms with Gasteiger partial charge in [-0.05, 0) is 49.9 Å². The van der Waals surface area contributed by atoms with Crippen molar-refractivity contribution in [2.75, 3.05) is 43.0 Å². The summed E-state index contributed by atoms with van der Waals surface area (Å²) in [6.07, 6.45) is 1.79. The second-order valence-corrected chi connectivity index (χ2v) is 7.00. The Labute approximate surface area is 159 Å². The third-order valence-electron chi connectivity index (χ3n) is 4.77. The van der Waals surface area contributed by atoms with Crippen molar-refractivity contribution in [1.82, 2.24) is 9.88 Å². The topological polar surface area (TPSA) is 65.7 Å². The van der Waals surface area contributed by atoms with Gasteiger partial charge in [0.2, 0.25) is 5.91 Å². The van der Waals surface area contributed by atoms with E-state index in [1.165, 1.54) is 12.1 Å². The first-order chi connectivity index (χ1) is 12.9. The lowest BCUT2D eigenvalue weighted by Crippen LogP contribution is -2.44. The summed E-state index contributed by atoms with van der Waals surface area (Å²) < 4.78 is 13.2. The summed E-state index contributed by atoms with van der Waals surface area (Å²) in [4.78, 5) is 23.2. The predicted octanol–water partition coefficient (Wildman–Crippen LogP) is 1.85. The summed E-state index contributed by atoms with van der Waals surface area (Å²) in [7, 11) is 2.12. The average molecular weight is 371 g/mol. The van der Waals surface area contributed by atoms with Crippen molar-refractivity contribution in [3.63, 3.8) is 0 Å². The first kappa shape index (κ1) is 19.3. The maximum atomic E-state index is 13.2. The summed E-state index contributed by atoms with van der Waals surface area (Å²) >= 11 is 0. The number of amides is 1. The second-order valence-electron chi connectivity index (χ2n) is 7.00. The fourth-order valence-electron chi connectivity index (χ4n) is 3.08. The third kappa shape index (κ3) is 4.81. The minimum absolute atomic E-state index is 0.218. The molecule has 0 radical (unpaired) electrons. The normalized spacial score (nSPS) is 16.2. The third-order valence-corrected chi connectivity index (χ3v) is 4.77. The van der Waals surface area contributed by atoms with Crippen LogP contribution in [-0.4, -0.2) is 55.1 Å². The van der Waals surface area contributed by atoms with Crippen LogP contribution in [0.4, 0.5) is 15.9 Å². The van der Waals surface area contributed by atoms with Gasteiger partial charge >= 0.3 is 0 Å². The number of anilines is 2. The molecule has 1 amide bonds. The molecule has 1 aromatic heterocycles. The Balaban J connectivity index is 1.75. The minimum Gasteiger partial charge on any atom is -0.354 e. The maximum absolute atomic E-state index is 13.2. The Morgan fingerprint density at radius 3 is 2.41 bits per heavy atom. The molecular formula is C20H26FN5O. The maximum Gasteiger partial charge on any atom is 0.243 e. The van der Waals surface area contributed by atoms with Crippen LogP contribution < -0.4 is 15.5 Å². The molecule has 1 fully saturated rings. The van der Waals surface area contributed by atoms with Gasteiger partial charge in [-0.15, -0.1) is 0 Å². The van der Waals surface area contributed by atoms with E-state index in [1.807, 2.05) is 12.1 Å². The van der Waals surface area contributed by atoms with Crippen LogP contribution in [0, 0.1) is 5.82 Å². The minimum atomic E-state index is -0.646. The molecule has 7 heteroatoms. The number of nitrogens with two attached hydrogens (primary N) is 1. The molecule has 0 aliphatic carbocycles. The van der Waals surface area contributed by atoms with Crippen molar-refractivity contribution in [3.8, 4) is 0 Å². The zero-order valence-corrected chi connectivity index (χ0v) is 15.8. The van der Waals surface area contributed by atoms with Crippen LogP contribution in [0.5, 0.6) is 0 Å². The molecule has 2 aromatic rings. The zero-order chi connectivity index (χ0) is 19.4. The first-order valence-corrected chi connectivity index (χ1v) is 9.15. The molecule has 1 aromatic carbocycles. The van der Waals surface area contributed by atoms with Crippen LogP contribution in [0.25, 0.3) is 0 Å². The fraction of sp³-hybridized carbons (Fsp3) is 0.400. The van der Waals surface area contributed by atoms with Crippen molar-refractivity contribution < 1.29 is 9.18 Å². The van der Waals surface area contributed by atoms with Gasteiger partial charge < -0.3 is 20.4 Å². The lowest BCUT2D eigenvalue weighted by atomic mass is 10.2. The Bertz CT molecular complexity index is 755. The lowest BCUT2D eigenvalue weighted by molar-refractivity contribution is -0.119. The van der Waals surface area contributed by atoms with Gasteiger partial charge in [0.05, 0.1) is 12.6 Å². The fourth-order valence-corrected chi connectivity index (χ4v) is 3.08. The number of aromatic nitrogens is 1. The molecule has 0 spiro atoms. The Morgan fingerprint density at radius 1 is 1.19 bits per heavy atom. The number of nitrogens with zero attached hydrogens (tertiary/aromatic N) is 4. The van der Waals surface area contributed by atoms with E-state index >= 15 is 0 Å². The Hall–Kier alpha value is -2.51. The van der Waals surface area contributed by atoms with Crippen LogP contribution >= 0.6 is 0 Å². The molecule has 1 aliphatic rings. The monoisotopic (exact) mass is 371 g/mol. The van der Waals surface area contributed by atoms with Crippen molar-refractivity contribution in [3.05, 3.63) is 54.0 Å². The highest BCUT2D eigenvalue weighted by atomic mass is 19.1. The van der Waals surface area contributed by atoms with Gasteiger partial charge in [-0.25, -0.2) is 9.37 Å². The van der Waals surface area contributed by atoms with Crippen LogP contribution in [-0.2, 0) is 11.3 Å². The van der Waals surface area contributed by atoms with Gasteiger partial charge in [0.1, 0.15) is 11.6 Å². The molecule has 2 heterocycles. The molecule has 0 saturated carbocycles. The Kier molecular flexibility index (Phi) is 6.03. The molecule has 1 saturated heterocycles. The van der Waals surface area contributed by atoms with E-state index in [4.69, 9.17) is 5.73 Å². The lowest BCUT2D eigenvalue weighted by Gasteiger charge is -2.33. The number of halogens is 1. The van der Waals surface area contributed by atoms with E-state index in [-0.39, 0.29) is 11.7 Å². The highest BCUT2D eigenvalue weighted by Crippen LogP contribution is 2.20. The summed E-state index contributed by atoms with van der Waals surface area (Å²) in [5.74, 6) is 0.383. The van der Waals surface area contributed by atoms with Gasteiger partial charge in [-0.1, -0.05) is 6.07 Å². The number of benzene rings is 1. The summed E-state index contributed by atoms with van der Waals surface area (Å²) in [6.45, 7) is 5.92. The van der Waals surface area contributed by atoms with Gasteiger partial charge in [0, 0.05) is 38.1 Å².